The van der Waals surface area contributed by atoms with Crippen LogP contribution in [0, 0.1) is 0 Å². The molecule has 20 heavy (non-hydrogen) atoms. The molecule has 3 heterocycles. The Bertz CT molecular complexity index is 603. The molecule has 0 saturated carbocycles. The van der Waals surface area contributed by atoms with Gasteiger partial charge in [0.15, 0.2) is 0 Å². The fourth-order valence-electron chi connectivity index (χ4n) is 2.14. The Balaban J connectivity index is 1.69. The summed E-state index contributed by atoms with van der Waals surface area (Å²) in [5.41, 5.74) is 1.22. The van der Waals surface area contributed by atoms with Crippen LogP contribution in [0.1, 0.15) is 21.4 Å². The lowest BCUT2D eigenvalue weighted by Gasteiger charge is -2.16. The van der Waals surface area contributed by atoms with Crippen molar-refractivity contribution in [2.75, 3.05) is 0 Å². The van der Waals surface area contributed by atoms with Crippen LogP contribution in [0.25, 0.3) is 0 Å². The third-order valence-corrected chi connectivity index (χ3v) is 5.03. The number of nitrogens with one attached hydrogen (secondary N) is 1. The highest BCUT2D eigenvalue weighted by Crippen LogP contribution is 2.25. The van der Waals surface area contributed by atoms with E-state index in [9.17, 15) is 0 Å². The molecule has 4 heteroatoms. The van der Waals surface area contributed by atoms with E-state index in [0.29, 0.717) is 6.04 Å². The van der Waals surface area contributed by atoms with Crippen molar-refractivity contribution in [2.45, 2.75) is 19.0 Å². The Labute approximate surface area is 127 Å². The quantitative estimate of drug-likeness (QED) is 0.735. The lowest BCUT2D eigenvalue weighted by Crippen LogP contribution is -2.21. The van der Waals surface area contributed by atoms with Gasteiger partial charge in [-0.3, -0.25) is 4.98 Å². The lowest BCUT2D eigenvalue weighted by atomic mass is 10.1. The molecule has 0 bridgehead atoms. The Kier molecular flexibility index (Phi) is 4.58. The first-order valence-electron chi connectivity index (χ1n) is 6.60. The van der Waals surface area contributed by atoms with Crippen molar-refractivity contribution in [2.24, 2.45) is 0 Å². The molecule has 3 aromatic rings. The molecule has 0 radical (unpaired) electrons. The van der Waals surface area contributed by atoms with Gasteiger partial charge in [0.2, 0.25) is 0 Å². The predicted molar refractivity (Wildman–Crippen MR) is 86.2 cm³/mol. The zero-order valence-corrected chi connectivity index (χ0v) is 12.7. The minimum atomic E-state index is 0.369. The molecule has 0 aromatic carbocycles. The molecule has 3 aromatic heterocycles. The molecule has 0 aliphatic rings. The van der Waals surface area contributed by atoms with Crippen LogP contribution in [-0.2, 0) is 13.0 Å². The maximum absolute atomic E-state index is 4.17. The van der Waals surface area contributed by atoms with Gasteiger partial charge in [0.05, 0.1) is 0 Å². The van der Waals surface area contributed by atoms with Crippen molar-refractivity contribution >= 4 is 22.7 Å². The number of nitrogens with zero attached hydrogens (tertiary/aromatic N) is 1. The lowest BCUT2D eigenvalue weighted by molar-refractivity contribution is 0.541. The van der Waals surface area contributed by atoms with Crippen molar-refractivity contribution < 1.29 is 0 Å². The van der Waals surface area contributed by atoms with Crippen molar-refractivity contribution in [3.63, 3.8) is 0 Å². The summed E-state index contributed by atoms with van der Waals surface area (Å²) in [7, 11) is 0. The zero-order valence-electron chi connectivity index (χ0n) is 11.0. The SMILES string of the molecule is c1cncc(CNC(Cc2cccs2)c2cccs2)c1. The minimum absolute atomic E-state index is 0.369. The van der Waals surface area contributed by atoms with Crippen molar-refractivity contribution in [1.29, 1.82) is 0 Å². The molecule has 0 spiro atoms. The van der Waals surface area contributed by atoms with E-state index in [1.165, 1.54) is 15.3 Å². The average Bonchev–Trinajstić information content (AvgIpc) is 3.17. The zero-order chi connectivity index (χ0) is 13.6. The monoisotopic (exact) mass is 300 g/mol. The van der Waals surface area contributed by atoms with Gasteiger partial charge in [-0.05, 0) is 34.5 Å². The van der Waals surface area contributed by atoms with Gasteiger partial charge < -0.3 is 5.32 Å². The summed E-state index contributed by atoms with van der Waals surface area (Å²) in [4.78, 5) is 6.98. The highest BCUT2D eigenvalue weighted by molar-refractivity contribution is 7.10. The van der Waals surface area contributed by atoms with Crippen LogP contribution in [0.3, 0.4) is 0 Å². The summed E-state index contributed by atoms with van der Waals surface area (Å²) in [6.45, 7) is 0.849. The van der Waals surface area contributed by atoms with Gasteiger partial charge in [0.25, 0.3) is 0 Å². The molecule has 0 fully saturated rings. The second kappa shape index (κ2) is 6.79. The molecule has 0 aliphatic carbocycles. The summed E-state index contributed by atoms with van der Waals surface area (Å²) in [6, 6.07) is 13.1. The molecule has 0 aliphatic heterocycles. The number of pyridine rings is 1. The summed E-state index contributed by atoms with van der Waals surface area (Å²) in [6.07, 6.45) is 4.77. The molecular formula is C16H16N2S2. The van der Waals surface area contributed by atoms with Gasteiger partial charge >= 0.3 is 0 Å². The van der Waals surface area contributed by atoms with Crippen LogP contribution in [0.4, 0.5) is 0 Å². The van der Waals surface area contributed by atoms with Crippen LogP contribution in [0.15, 0.2) is 59.6 Å². The second-order valence-electron chi connectivity index (χ2n) is 4.59. The van der Waals surface area contributed by atoms with E-state index >= 15 is 0 Å². The van der Waals surface area contributed by atoms with Gasteiger partial charge in [0, 0.05) is 41.2 Å². The summed E-state index contributed by atoms with van der Waals surface area (Å²) >= 11 is 3.64. The molecule has 0 saturated heterocycles. The van der Waals surface area contributed by atoms with Crippen LogP contribution in [0.5, 0.6) is 0 Å². The largest absolute Gasteiger partial charge is 0.305 e. The Morgan fingerprint density at radius 1 is 1.05 bits per heavy atom. The van der Waals surface area contributed by atoms with Crippen LogP contribution in [-0.4, -0.2) is 4.98 Å². The summed E-state index contributed by atoms with van der Waals surface area (Å²) in [5, 5.41) is 7.94. The van der Waals surface area contributed by atoms with E-state index in [1.54, 1.807) is 0 Å². The molecule has 3 rings (SSSR count). The average molecular weight is 300 g/mol. The van der Waals surface area contributed by atoms with E-state index < -0.39 is 0 Å². The second-order valence-corrected chi connectivity index (χ2v) is 6.61. The maximum Gasteiger partial charge on any atom is 0.0466 e. The third kappa shape index (κ3) is 3.54. The summed E-state index contributed by atoms with van der Waals surface area (Å²) < 4.78 is 0. The molecule has 1 N–H and O–H groups in total. The normalized spacial score (nSPS) is 12.4. The van der Waals surface area contributed by atoms with Gasteiger partial charge in [0.1, 0.15) is 0 Å². The Morgan fingerprint density at radius 2 is 1.95 bits per heavy atom. The number of aromatic nitrogens is 1. The van der Waals surface area contributed by atoms with Gasteiger partial charge in [-0.2, -0.15) is 0 Å². The number of hydrogen-bond donors (Lipinski definition) is 1. The Hall–Kier alpha value is -1.49. The number of rotatable bonds is 6. The number of thiophene rings is 2. The van der Waals surface area contributed by atoms with Crippen LogP contribution < -0.4 is 5.32 Å². The van der Waals surface area contributed by atoms with E-state index in [-0.39, 0.29) is 0 Å². The first-order chi connectivity index (χ1) is 9.92. The molecule has 102 valence electrons. The van der Waals surface area contributed by atoms with Crippen molar-refractivity contribution in [1.82, 2.24) is 10.3 Å². The van der Waals surface area contributed by atoms with E-state index in [0.717, 1.165) is 13.0 Å². The van der Waals surface area contributed by atoms with Crippen molar-refractivity contribution in [3.8, 4) is 0 Å². The first kappa shape index (κ1) is 13.5. The Morgan fingerprint density at radius 3 is 2.65 bits per heavy atom. The smallest absolute Gasteiger partial charge is 0.0466 e. The van der Waals surface area contributed by atoms with E-state index in [2.05, 4.69) is 51.4 Å². The third-order valence-electron chi connectivity index (χ3n) is 3.15. The van der Waals surface area contributed by atoms with Gasteiger partial charge in [-0.1, -0.05) is 18.2 Å². The van der Waals surface area contributed by atoms with Gasteiger partial charge in [-0.25, -0.2) is 0 Å². The fraction of sp³-hybridized carbons (Fsp3) is 0.188. The summed E-state index contributed by atoms with van der Waals surface area (Å²) in [5.74, 6) is 0. The van der Waals surface area contributed by atoms with Crippen LogP contribution in [0.2, 0.25) is 0 Å². The molecule has 2 nitrogen and oxygen atoms in total. The van der Waals surface area contributed by atoms with E-state index in [1.807, 2.05) is 41.1 Å². The first-order valence-corrected chi connectivity index (χ1v) is 8.36. The highest BCUT2D eigenvalue weighted by Gasteiger charge is 2.13. The highest BCUT2D eigenvalue weighted by atomic mass is 32.1. The molecule has 1 atom stereocenters. The molecule has 1 unspecified atom stereocenters. The fourth-order valence-corrected chi connectivity index (χ4v) is 3.69. The minimum Gasteiger partial charge on any atom is -0.305 e. The van der Waals surface area contributed by atoms with Crippen LogP contribution >= 0.6 is 22.7 Å². The standard InChI is InChI=1S/C16H16N2S2/c1-4-13(11-17-7-1)12-18-15(16-6-3-9-20-16)10-14-5-2-8-19-14/h1-9,11,15,18H,10,12H2. The predicted octanol–water partition coefficient (Wildman–Crippen LogP) is 4.28. The molecular weight excluding hydrogens is 284 g/mol. The molecule has 0 amide bonds. The van der Waals surface area contributed by atoms with Gasteiger partial charge in [-0.15, -0.1) is 22.7 Å². The van der Waals surface area contributed by atoms with E-state index in [4.69, 9.17) is 0 Å². The topological polar surface area (TPSA) is 24.9 Å². The van der Waals surface area contributed by atoms with Crippen molar-refractivity contribution in [3.05, 3.63) is 74.9 Å². The maximum atomic E-state index is 4.17. The number of hydrogen-bond acceptors (Lipinski definition) is 4.